The number of thioether (sulfide) groups is 1. The van der Waals surface area contributed by atoms with Gasteiger partial charge in [0.05, 0.1) is 17.0 Å². The van der Waals surface area contributed by atoms with E-state index in [2.05, 4.69) is 15.6 Å². The molecule has 6 nitrogen and oxygen atoms in total. The maximum atomic E-state index is 12.6. The van der Waals surface area contributed by atoms with Gasteiger partial charge in [-0.3, -0.25) is 9.59 Å². The molecule has 2 N–H and O–H groups in total. The van der Waals surface area contributed by atoms with Gasteiger partial charge in [0.1, 0.15) is 5.52 Å². The number of carbonyl (C=O) groups excluding carboxylic acids is 2. The highest BCUT2D eigenvalue weighted by molar-refractivity contribution is 7.99. The van der Waals surface area contributed by atoms with Crippen molar-refractivity contribution < 1.29 is 14.0 Å². The fraction of sp³-hybridized carbons (Fsp3) is 0.125. The topological polar surface area (TPSA) is 84.2 Å². The number of nitrogens with zero attached hydrogens (tertiary/aromatic N) is 1. The van der Waals surface area contributed by atoms with Crippen LogP contribution in [0.2, 0.25) is 0 Å². The van der Waals surface area contributed by atoms with E-state index in [0.29, 0.717) is 28.6 Å². The molecular formula is C24H21N3O3S. The van der Waals surface area contributed by atoms with Crippen molar-refractivity contribution in [3.8, 4) is 0 Å². The number of anilines is 1. The molecule has 0 fully saturated rings. The monoisotopic (exact) mass is 431 g/mol. The first-order valence-electron chi connectivity index (χ1n) is 9.88. The Kier molecular flexibility index (Phi) is 6.64. The highest BCUT2D eigenvalue weighted by Gasteiger charge is 2.14. The average molecular weight is 432 g/mol. The highest BCUT2D eigenvalue weighted by atomic mass is 32.2. The van der Waals surface area contributed by atoms with Crippen LogP contribution in [0.15, 0.2) is 88.5 Å². The number of hydrogen-bond donors (Lipinski definition) is 2. The van der Waals surface area contributed by atoms with Gasteiger partial charge in [0.2, 0.25) is 5.91 Å². The van der Waals surface area contributed by atoms with Gasteiger partial charge < -0.3 is 15.1 Å². The molecule has 0 spiro atoms. The van der Waals surface area contributed by atoms with E-state index < -0.39 is 0 Å². The van der Waals surface area contributed by atoms with E-state index in [4.69, 9.17) is 4.42 Å². The number of carbonyl (C=O) groups is 2. The van der Waals surface area contributed by atoms with Crippen LogP contribution in [0.3, 0.4) is 0 Å². The molecule has 0 saturated carbocycles. The molecular weight excluding hydrogens is 410 g/mol. The van der Waals surface area contributed by atoms with E-state index >= 15 is 0 Å². The van der Waals surface area contributed by atoms with Gasteiger partial charge in [-0.05, 0) is 36.2 Å². The van der Waals surface area contributed by atoms with Crippen LogP contribution in [0.1, 0.15) is 15.9 Å². The summed E-state index contributed by atoms with van der Waals surface area (Å²) in [7, 11) is 0. The van der Waals surface area contributed by atoms with Crippen molar-refractivity contribution in [3.63, 3.8) is 0 Å². The van der Waals surface area contributed by atoms with Gasteiger partial charge in [-0.25, -0.2) is 4.98 Å². The van der Waals surface area contributed by atoms with Crippen LogP contribution < -0.4 is 10.6 Å². The summed E-state index contributed by atoms with van der Waals surface area (Å²) in [5.41, 5.74) is 3.49. The average Bonchev–Trinajstić information content (AvgIpc) is 3.22. The molecule has 4 aromatic rings. The summed E-state index contributed by atoms with van der Waals surface area (Å²) in [4.78, 5) is 29.4. The molecule has 4 rings (SSSR count). The maximum absolute atomic E-state index is 12.6. The summed E-state index contributed by atoms with van der Waals surface area (Å²) in [5.74, 6) is -0.341. The Balaban J connectivity index is 1.32. The van der Waals surface area contributed by atoms with Crippen LogP contribution in [0.5, 0.6) is 0 Å². The maximum Gasteiger partial charge on any atom is 0.257 e. The first kappa shape index (κ1) is 20.7. The van der Waals surface area contributed by atoms with Crippen molar-refractivity contribution in [3.05, 3.63) is 90.0 Å². The van der Waals surface area contributed by atoms with Gasteiger partial charge in [-0.2, -0.15) is 0 Å². The Bertz CT molecular complexity index is 1160. The second-order valence-electron chi connectivity index (χ2n) is 6.82. The standard InChI is InChI=1S/C24H21N3O3S/c28-22(16-31-24-27-20-12-6-7-13-21(20)30-24)26-19-11-5-4-10-18(19)23(29)25-15-14-17-8-2-1-3-9-17/h1-13H,14-16H2,(H,25,29)(H,26,28). The van der Waals surface area contributed by atoms with Crippen molar-refractivity contribution in [2.45, 2.75) is 11.6 Å². The third-order valence-corrected chi connectivity index (χ3v) is 5.42. The number of para-hydroxylation sites is 3. The minimum absolute atomic E-state index is 0.122. The lowest BCUT2D eigenvalue weighted by Crippen LogP contribution is -2.27. The number of nitrogens with one attached hydrogen (secondary N) is 2. The van der Waals surface area contributed by atoms with E-state index in [1.54, 1.807) is 24.3 Å². The molecule has 0 saturated heterocycles. The lowest BCUT2D eigenvalue weighted by molar-refractivity contribution is -0.113. The molecule has 156 valence electrons. The Labute approximate surface area is 184 Å². The van der Waals surface area contributed by atoms with Crippen molar-refractivity contribution in [2.24, 2.45) is 0 Å². The fourth-order valence-corrected chi connectivity index (χ4v) is 3.72. The number of oxazole rings is 1. The smallest absolute Gasteiger partial charge is 0.257 e. The molecule has 2 amide bonds. The molecule has 1 aromatic heterocycles. The van der Waals surface area contributed by atoms with E-state index in [1.165, 1.54) is 11.8 Å². The van der Waals surface area contributed by atoms with Crippen LogP contribution in [0, 0.1) is 0 Å². The van der Waals surface area contributed by atoms with Crippen LogP contribution >= 0.6 is 11.8 Å². The molecule has 0 aliphatic carbocycles. The van der Waals surface area contributed by atoms with Crippen molar-refractivity contribution in [1.29, 1.82) is 0 Å². The van der Waals surface area contributed by atoms with Crippen molar-refractivity contribution in [1.82, 2.24) is 10.3 Å². The summed E-state index contributed by atoms with van der Waals surface area (Å²) in [6.07, 6.45) is 0.738. The fourth-order valence-electron chi connectivity index (χ4n) is 3.08. The second-order valence-corrected chi connectivity index (χ2v) is 7.75. The Morgan fingerprint density at radius 2 is 1.65 bits per heavy atom. The first-order valence-corrected chi connectivity index (χ1v) is 10.9. The lowest BCUT2D eigenvalue weighted by atomic mass is 10.1. The quantitative estimate of drug-likeness (QED) is 0.401. The summed E-state index contributed by atoms with van der Waals surface area (Å²) >= 11 is 1.21. The largest absolute Gasteiger partial charge is 0.431 e. The van der Waals surface area contributed by atoms with Gasteiger partial charge >= 0.3 is 0 Å². The SMILES string of the molecule is O=C(CSc1nc2ccccc2o1)Nc1ccccc1C(=O)NCCc1ccccc1. The molecule has 0 aliphatic rings. The van der Waals surface area contributed by atoms with Gasteiger partial charge in [0.15, 0.2) is 5.58 Å². The predicted molar refractivity (Wildman–Crippen MR) is 122 cm³/mol. The van der Waals surface area contributed by atoms with Gasteiger partial charge in [-0.15, -0.1) is 0 Å². The molecule has 1 heterocycles. The molecule has 0 unspecified atom stereocenters. The molecule has 3 aromatic carbocycles. The lowest BCUT2D eigenvalue weighted by Gasteiger charge is -2.11. The number of benzene rings is 3. The summed E-state index contributed by atoms with van der Waals surface area (Å²) in [6, 6.07) is 24.4. The molecule has 0 bridgehead atoms. The third-order valence-electron chi connectivity index (χ3n) is 4.59. The van der Waals surface area contributed by atoms with E-state index in [-0.39, 0.29) is 17.6 Å². The van der Waals surface area contributed by atoms with Crippen molar-refractivity contribution in [2.75, 3.05) is 17.6 Å². The van der Waals surface area contributed by atoms with Crippen LogP contribution in [0.25, 0.3) is 11.1 Å². The van der Waals surface area contributed by atoms with Crippen LogP contribution in [-0.4, -0.2) is 29.1 Å². The minimum atomic E-state index is -0.239. The van der Waals surface area contributed by atoms with Gasteiger partial charge in [0.25, 0.3) is 11.1 Å². The molecule has 0 atom stereocenters. The van der Waals surface area contributed by atoms with Crippen LogP contribution in [-0.2, 0) is 11.2 Å². The third kappa shape index (κ3) is 5.52. The van der Waals surface area contributed by atoms with Gasteiger partial charge in [0, 0.05) is 6.54 Å². The van der Waals surface area contributed by atoms with Crippen molar-refractivity contribution >= 4 is 40.4 Å². The van der Waals surface area contributed by atoms with Gasteiger partial charge in [-0.1, -0.05) is 66.4 Å². The molecule has 31 heavy (non-hydrogen) atoms. The zero-order chi connectivity index (χ0) is 21.5. The first-order chi connectivity index (χ1) is 15.2. The Morgan fingerprint density at radius 3 is 2.48 bits per heavy atom. The zero-order valence-electron chi connectivity index (χ0n) is 16.7. The number of aromatic nitrogens is 1. The normalized spacial score (nSPS) is 10.7. The molecule has 0 radical (unpaired) electrons. The summed E-state index contributed by atoms with van der Waals surface area (Å²) in [6.45, 7) is 0.513. The highest BCUT2D eigenvalue weighted by Crippen LogP contribution is 2.23. The molecule has 0 aliphatic heterocycles. The van der Waals surface area contributed by atoms with E-state index in [1.807, 2.05) is 54.6 Å². The predicted octanol–water partition coefficient (Wildman–Crippen LogP) is 4.53. The second kappa shape index (κ2) is 9.95. The Hall–Kier alpha value is -3.58. The molecule has 7 heteroatoms. The van der Waals surface area contributed by atoms with Crippen LogP contribution in [0.4, 0.5) is 5.69 Å². The number of hydrogen-bond acceptors (Lipinski definition) is 5. The van der Waals surface area contributed by atoms with E-state index in [9.17, 15) is 9.59 Å². The Morgan fingerprint density at radius 1 is 0.903 bits per heavy atom. The zero-order valence-corrected chi connectivity index (χ0v) is 17.5. The number of fused-ring (bicyclic) bond motifs is 1. The number of amides is 2. The summed E-state index contributed by atoms with van der Waals surface area (Å²) < 4.78 is 5.62. The minimum Gasteiger partial charge on any atom is -0.431 e. The number of rotatable bonds is 8. The summed E-state index contributed by atoms with van der Waals surface area (Å²) in [5, 5.41) is 6.16. The van der Waals surface area contributed by atoms with E-state index in [0.717, 1.165) is 17.5 Å².